The predicted octanol–water partition coefficient (Wildman–Crippen LogP) is 2.50. The van der Waals surface area contributed by atoms with Gasteiger partial charge in [-0.2, -0.15) is 0 Å². The Balaban J connectivity index is 1.84. The van der Waals surface area contributed by atoms with Gasteiger partial charge in [-0.05, 0) is 56.0 Å². The van der Waals surface area contributed by atoms with Gasteiger partial charge in [-0.1, -0.05) is 12.1 Å². The average molecular weight is 216 g/mol. The first-order valence-electron chi connectivity index (χ1n) is 6.40. The number of rotatable bonds is 1. The molecule has 2 aliphatic heterocycles. The van der Waals surface area contributed by atoms with Gasteiger partial charge in [0.1, 0.15) is 0 Å². The molecule has 1 atom stereocenters. The van der Waals surface area contributed by atoms with Crippen molar-refractivity contribution in [3.8, 4) is 0 Å². The van der Waals surface area contributed by atoms with Crippen LogP contribution in [0.5, 0.6) is 0 Å². The van der Waals surface area contributed by atoms with Crippen molar-refractivity contribution >= 4 is 5.69 Å². The molecular weight excluding hydrogens is 196 g/mol. The van der Waals surface area contributed by atoms with Crippen molar-refractivity contribution in [2.45, 2.75) is 25.7 Å². The topological polar surface area (TPSA) is 24.1 Å². The molecule has 2 nitrogen and oxygen atoms in total. The minimum Gasteiger partial charge on any atom is -0.384 e. The molecule has 0 aliphatic carbocycles. The molecule has 0 bridgehead atoms. The van der Waals surface area contributed by atoms with Crippen molar-refractivity contribution in [2.75, 3.05) is 25.0 Å². The second-order valence-electron chi connectivity index (χ2n) is 5.17. The molecule has 2 heteroatoms. The van der Waals surface area contributed by atoms with E-state index in [9.17, 15) is 0 Å². The zero-order chi connectivity index (χ0) is 11.0. The van der Waals surface area contributed by atoms with Crippen molar-refractivity contribution < 1.29 is 0 Å². The Labute approximate surface area is 97.4 Å². The molecule has 3 rings (SSSR count). The number of aryl methyl sites for hydroxylation is 1. The molecule has 0 spiro atoms. The molecule has 1 unspecified atom stereocenters. The Bertz CT molecular complexity index is 380. The fourth-order valence-corrected chi connectivity index (χ4v) is 3.14. The highest BCUT2D eigenvalue weighted by atomic mass is 14.9. The normalized spacial score (nSPS) is 25.2. The minimum absolute atomic E-state index is 0.748. The molecule has 0 aromatic heterocycles. The molecular formula is C14H20N2. The number of hydrogen-bond acceptors (Lipinski definition) is 2. The maximum absolute atomic E-state index is 3.57. The highest BCUT2D eigenvalue weighted by Gasteiger charge is 2.30. The summed E-state index contributed by atoms with van der Waals surface area (Å²) < 4.78 is 0. The summed E-state index contributed by atoms with van der Waals surface area (Å²) in [6.45, 7) is 5.70. The summed E-state index contributed by atoms with van der Waals surface area (Å²) >= 11 is 0. The summed E-state index contributed by atoms with van der Waals surface area (Å²) in [4.78, 5) is 0. The van der Waals surface area contributed by atoms with E-state index in [4.69, 9.17) is 0 Å². The predicted molar refractivity (Wildman–Crippen MR) is 68.0 cm³/mol. The van der Waals surface area contributed by atoms with E-state index in [0.29, 0.717) is 0 Å². The van der Waals surface area contributed by atoms with E-state index < -0.39 is 0 Å². The lowest BCUT2D eigenvalue weighted by Gasteiger charge is -2.28. The second-order valence-corrected chi connectivity index (χ2v) is 5.17. The van der Waals surface area contributed by atoms with Crippen molar-refractivity contribution in [1.29, 1.82) is 0 Å². The number of hydrogen-bond donors (Lipinski definition) is 2. The van der Waals surface area contributed by atoms with Gasteiger partial charge in [0.25, 0.3) is 0 Å². The Hall–Kier alpha value is -1.02. The zero-order valence-electron chi connectivity index (χ0n) is 9.92. The van der Waals surface area contributed by atoms with E-state index in [-0.39, 0.29) is 0 Å². The van der Waals surface area contributed by atoms with Crippen molar-refractivity contribution in [2.24, 2.45) is 5.92 Å². The molecule has 2 N–H and O–H groups in total. The van der Waals surface area contributed by atoms with E-state index in [1.807, 2.05) is 0 Å². The standard InChI is InChI=1S/C14H20N2/c1-10-2-3-12-13(9-16-14(12)8-10)11-4-6-15-7-5-11/h2-3,8,11,13,15-16H,4-7,9H2,1H3. The van der Waals surface area contributed by atoms with Crippen LogP contribution in [-0.4, -0.2) is 19.6 Å². The van der Waals surface area contributed by atoms with Crippen LogP contribution in [0.15, 0.2) is 18.2 Å². The van der Waals surface area contributed by atoms with Crippen LogP contribution in [0.3, 0.4) is 0 Å². The first kappa shape index (κ1) is 10.2. The van der Waals surface area contributed by atoms with Crippen molar-refractivity contribution in [3.05, 3.63) is 29.3 Å². The molecule has 0 radical (unpaired) electrons. The maximum Gasteiger partial charge on any atom is 0.0379 e. The lowest BCUT2D eigenvalue weighted by molar-refractivity contribution is 0.330. The van der Waals surface area contributed by atoms with Crippen LogP contribution >= 0.6 is 0 Å². The maximum atomic E-state index is 3.57. The molecule has 1 aromatic rings. The third-order valence-corrected chi connectivity index (χ3v) is 4.07. The Kier molecular flexibility index (Phi) is 2.60. The first-order valence-corrected chi connectivity index (χ1v) is 6.40. The average Bonchev–Trinajstić information content (AvgIpc) is 2.73. The minimum atomic E-state index is 0.748. The summed E-state index contributed by atoms with van der Waals surface area (Å²) in [5.41, 5.74) is 4.29. The van der Waals surface area contributed by atoms with Crippen LogP contribution in [-0.2, 0) is 0 Å². The Morgan fingerprint density at radius 1 is 1.19 bits per heavy atom. The van der Waals surface area contributed by atoms with Gasteiger partial charge in [0.05, 0.1) is 0 Å². The van der Waals surface area contributed by atoms with Gasteiger partial charge in [0.2, 0.25) is 0 Å². The second kappa shape index (κ2) is 4.10. The van der Waals surface area contributed by atoms with Gasteiger partial charge in [-0.3, -0.25) is 0 Å². The van der Waals surface area contributed by atoms with Crippen LogP contribution in [0.1, 0.15) is 29.9 Å². The summed E-state index contributed by atoms with van der Waals surface area (Å²) in [6.07, 6.45) is 2.67. The number of fused-ring (bicyclic) bond motifs is 1. The molecule has 86 valence electrons. The number of nitrogens with one attached hydrogen (secondary N) is 2. The molecule has 1 aromatic carbocycles. The van der Waals surface area contributed by atoms with Gasteiger partial charge in [-0.15, -0.1) is 0 Å². The van der Waals surface area contributed by atoms with Gasteiger partial charge >= 0.3 is 0 Å². The summed E-state index contributed by atoms with van der Waals surface area (Å²) in [7, 11) is 0. The van der Waals surface area contributed by atoms with Crippen molar-refractivity contribution in [3.63, 3.8) is 0 Å². The third-order valence-electron chi connectivity index (χ3n) is 4.07. The molecule has 16 heavy (non-hydrogen) atoms. The van der Waals surface area contributed by atoms with Crippen LogP contribution in [0, 0.1) is 12.8 Å². The molecule has 1 saturated heterocycles. The lowest BCUT2D eigenvalue weighted by Crippen LogP contribution is -2.31. The lowest BCUT2D eigenvalue weighted by atomic mass is 9.81. The molecule has 0 amide bonds. The monoisotopic (exact) mass is 216 g/mol. The number of benzene rings is 1. The molecule has 0 saturated carbocycles. The molecule has 1 fully saturated rings. The van der Waals surface area contributed by atoms with Gasteiger partial charge < -0.3 is 10.6 Å². The summed E-state index contributed by atoms with van der Waals surface area (Å²) in [5, 5.41) is 7.02. The van der Waals surface area contributed by atoms with Crippen LogP contribution in [0.25, 0.3) is 0 Å². The fourth-order valence-electron chi connectivity index (χ4n) is 3.14. The van der Waals surface area contributed by atoms with Crippen LogP contribution < -0.4 is 10.6 Å². The largest absolute Gasteiger partial charge is 0.384 e. The third kappa shape index (κ3) is 1.71. The van der Waals surface area contributed by atoms with Gasteiger partial charge in [-0.25, -0.2) is 0 Å². The fraction of sp³-hybridized carbons (Fsp3) is 0.571. The highest BCUT2D eigenvalue weighted by molar-refractivity contribution is 5.59. The number of anilines is 1. The van der Waals surface area contributed by atoms with E-state index in [1.165, 1.54) is 37.2 Å². The Morgan fingerprint density at radius 3 is 2.81 bits per heavy atom. The smallest absolute Gasteiger partial charge is 0.0379 e. The Morgan fingerprint density at radius 2 is 2.00 bits per heavy atom. The van der Waals surface area contributed by atoms with Crippen LogP contribution in [0.4, 0.5) is 5.69 Å². The molecule has 2 heterocycles. The van der Waals surface area contributed by atoms with Gasteiger partial charge in [0.15, 0.2) is 0 Å². The quantitative estimate of drug-likeness (QED) is 0.753. The van der Waals surface area contributed by atoms with E-state index >= 15 is 0 Å². The van der Waals surface area contributed by atoms with E-state index in [2.05, 4.69) is 35.8 Å². The van der Waals surface area contributed by atoms with Crippen molar-refractivity contribution in [1.82, 2.24) is 5.32 Å². The number of piperidine rings is 1. The van der Waals surface area contributed by atoms with E-state index in [0.717, 1.165) is 18.4 Å². The summed E-state index contributed by atoms with van der Waals surface area (Å²) in [5.74, 6) is 1.62. The zero-order valence-corrected chi connectivity index (χ0v) is 9.92. The highest BCUT2D eigenvalue weighted by Crippen LogP contribution is 2.39. The van der Waals surface area contributed by atoms with Gasteiger partial charge in [0, 0.05) is 18.2 Å². The SMILES string of the molecule is Cc1ccc2c(c1)NCC2C1CCNCC1. The first-order chi connectivity index (χ1) is 7.84. The summed E-state index contributed by atoms with van der Waals surface area (Å²) in [6, 6.07) is 6.87. The van der Waals surface area contributed by atoms with E-state index in [1.54, 1.807) is 5.56 Å². The molecule has 2 aliphatic rings. The van der Waals surface area contributed by atoms with Crippen LogP contribution in [0.2, 0.25) is 0 Å².